The number of hydrogen-bond donors (Lipinski definition) is 1. The highest BCUT2D eigenvalue weighted by Crippen LogP contribution is 2.35. The maximum Gasteiger partial charge on any atom is 0.325 e. The molecular formula is C24H27Cl3N2O5. The zero-order chi connectivity index (χ0) is 25.5. The number of esters is 1. The van der Waals surface area contributed by atoms with E-state index in [0.29, 0.717) is 32.1 Å². The summed E-state index contributed by atoms with van der Waals surface area (Å²) in [5.41, 5.74) is 0.0829. The van der Waals surface area contributed by atoms with Gasteiger partial charge in [-0.25, -0.2) is 0 Å². The van der Waals surface area contributed by atoms with E-state index in [2.05, 4.69) is 5.32 Å². The van der Waals surface area contributed by atoms with E-state index in [-0.39, 0.29) is 37.9 Å². The molecule has 0 atom stereocenters. The highest BCUT2D eigenvalue weighted by atomic mass is 35.5. The smallest absolute Gasteiger partial charge is 0.325 e. The number of carbonyl (C=O) groups excluding carboxylic acids is 3. The third kappa shape index (κ3) is 8.70. The Hall–Kier alpha value is -2.48. The molecule has 0 spiro atoms. The number of carbonyl (C=O) groups is 3. The third-order valence-electron chi connectivity index (χ3n) is 4.63. The Morgan fingerprint density at radius 3 is 2.24 bits per heavy atom. The molecule has 0 saturated carbocycles. The van der Waals surface area contributed by atoms with E-state index in [1.165, 1.54) is 4.90 Å². The molecule has 1 N–H and O–H groups in total. The maximum atomic E-state index is 12.5. The summed E-state index contributed by atoms with van der Waals surface area (Å²) in [7, 11) is 1.62. The lowest BCUT2D eigenvalue weighted by atomic mass is 9.96. The number of ether oxygens (including phenoxy) is 2. The van der Waals surface area contributed by atoms with Crippen molar-refractivity contribution in [2.45, 2.75) is 33.7 Å². The first-order valence-corrected chi connectivity index (χ1v) is 11.6. The minimum absolute atomic E-state index is 0.0145. The Labute approximate surface area is 214 Å². The average molecular weight is 530 g/mol. The van der Waals surface area contributed by atoms with Gasteiger partial charge in [0.25, 0.3) is 0 Å². The lowest BCUT2D eigenvalue weighted by molar-refractivity contribution is -0.146. The zero-order valence-electron chi connectivity index (χ0n) is 19.4. The first-order valence-electron chi connectivity index (χ1n) is 10.5. The SMILES string of the molecule is CN(Cc1ccc(Cl)cc1Oc1cc(Cl)ccc1Cl)C(=O)CCOC(=O)CNC(=O)C(C)(C)C. The van der Waals surface area contributed by atoms with Crippen molar-refractivity contribution in [1.82, 2.24) is 10.2 Å². The van der Waals surface area contributed by atoms with Crippen LogP contribution in [0.25, 0.3) is 0 Å². The number of halogens is 3. The van der Waals surface area contributed by atoms with Gasteiger partial charge in [0.1, 0.15) is 24.7 Å². The molecule has 0 saturated heterocycles. The fourth-order valence-electron chi connectivity index (χ4n) is 2.68. The second-order valence-electron chi connectivity index (χ2n) is 8.58. The van der Waals surface area contributed by atoms with Crippen molar-refractivity contribution in [3.05, 3.63) is 57.0 Å². The molecule has 184 valence electrons. The molecule has 7 nitrogen and oxygen atoms in total. The highest BCUT2D eigenvalue weighted by Gasteiger charge is 2.22. The van der Waals surface area contributed by atoms with E-state index in [0.717, 1.165) is 0 Å². The summed E-state index contributed by atoms with van der Waals surface area (Å²) < 4.78 is 11.0. The van der Waals surface area contributed by atoms with Crippen LogP contribution in [0.2, 0.25) is 15.1 Å². The van der Waals surface area contributed by atoms with Gasteiger partial charge in [0.2, 0.25) is 11.8 Å². The minimum Gasteiger partial charge on any atom is -0.464 e. The molecule has 10 heteroatoms. The van der Waals surface area contributed by atoms with Gasteiger partial charge in [-0.05, 0) is 24.3 Å². The Kier molecular flexibility index (Phi) is 10.0. The number of nitrogens with one attached hydrogen (secondary N) is 1. The van der Waals surface area contributed by atoms with Crippen LogP contribution in [-0.4, -0.2) is 42.9 Å². The van der Waals surface area contributed by atoms with Crippen LogP contribution in [0, 0.1) is 5.41 Å². The van der Waals surface area contributed by atoms with E-state index in [4.69, 9.17) is 44.3 Å². The molecule has 2 amide bonds. The summed E-state index contributed by atoms with van der Waals surface area (Å²) in [6, 6.07) is 9.91. The van der Waals surface area contributed by atoms with Crippen LogP contribution in [-0.2, 0) is 25.7 Å². The Balaban J connectivity index is 1.92. The summed E-state index contributed by atoms with van der Waals surface area (Å²) >= 11 is 18.4. The minimum atomic E-state index is -0.611. The van der Waals surface area contributed by atoms with Gasteiger partial charge >= 0.3 is 5.97 Å². The molecule has 34 heavy (non-hydrogen) atoms. The van der Waals surface area contributed by atoms with E-state index in [9.17, 15) is 14.4 Å². The fourth-order valence-corrected chi connectivity index (χ4v) is 3.16. The van der Waals surface area contributed by atoms with Crippen LogP contribution < -0.4 is 10.1 Å². The number of rotatable bonds is 9. The van der Waals surface area contributed by atoms with Crippen molar-refractivity contribution in [1.29, 1.82) is 0 Å². The third-order valence-corrected chi connectivity index (χ3v) is 5.41. The largest absolute Gasteiger partial charge is 0.464 e. The lowest BCUT2D eigenvalue weighted by Gasteiger charge is -2.20. The van der Waals surface area contributed by atoms with Crippen molar-refractivity contribution in [3.8, 4) is 11.5 Å². The van der Waals surface area contributed by atoms with Gasteiger partial charge in [0.15, 0.2) is 0 Å². The molecule has 0 aromatic heterocycles. The van der Waals surface area contributed by atoms with Crippen molar-refractivity contribution in [2.24, 2.45) is 5.41 Å². The number of benzene rings is 2. The van der Waals surface area contributed by atoms with Gasteiger partial charge in [-0.3, -0.25) is 14.4 Å². The van der Waals surface area contributed by atoms with Crippen LogP contribution in [0.5, 0.6) is 11.5 Å². The number of hydrogen-bond acceptors (Lipinski definition) is 5. The fraction of sp³-hybridized carbons (Fsp3) is 0.375. The molecule has 0 aliphatic rings. The number of amides is 2. The van der Waals surface area contributed by atoms with E-state index < -0.39 is 11.4 Å². The van der Waals surface area contributed by atoms with Crippen molar-refractivity contribution in [3.63, 3.8) is 0 Å². The molecule has 0 aliphatic heterocycles. The van der Waals surface area contributed by atoms with Crippen LogP contribution in [0.1, 0.15) is 32.8 Å². The zero-order valence-corrected chi connectivity index (χ0v) is 21.7. The second kappa shape index (κ2) is 12.3. The van der Waals surface area contributed by atoms with E-state index >= 15 is 0 Å². The predicted octanol–water partition coefficient (Wildman–Crippen LogP) is 5.49. The number of nitrogens with zero attached hydrogens (tertiary/aromatic N) is 1. The van der Waals surface area contributed by atoms with Gasteiger partial charge in [0, 0.05) is 40.7 Å². The Morgan fingerprint density at radius 2 is 1.59 bits per heavy atom. The molecule has 0 bridgehead atoms. The molecule has 0 fully saturated rings. The lowest BCUT2D eigenvalue weighted by Crippen LogP contribution is -2.38. The van der Waals surface area contributed by atoms with Crippen molar-refractivity contribution < 1.29 is 23.9 Å². The summed E-state index contributed by atoms with van der Waals surface area (Å²) in [6.45, 7) is 5.08. The van der Waals surface area contributed by atoms with Gasteiger partial charge in [-0.2, -0.15) is 0 Å². The molecule has 0 aliphatic carbocycles. The normalized spacial score (nSPS) is 11.0. The van der Waals surface area contributed by atoms with E-state index in [1.807, 2.05) is 0 Å². The molecule has 2 rings (SSSR count). The highest BCUT2D eigenvalue weighted by molar-refractivity contribution is 6.34. The first-order chi connectivity index (χ1) is 15.9. The molecule has 0 heterocycles. The maximum absolute atomic E-state index is 12.5. The first kappa shape index (κ1) is 27.8. The van der Waals surface area contributed by atoms with Crippen molar-refractivity contribution in [2.75, 3.05) is 20.2 Å². The van der Waals surface area contributed by atoms with Crippen LogP contribution in [0.3, 0.4) is 0 Å². The van der Waals surface area contributed by atoms with Crippen molar-refractivity contribution >= 4 is 52.6 Å². The van der Waals surface area contributed by atoms with Gasteiger partial charge < -0.3 is 19.7 Å². The molecular weight excluding hydrogens is 503 g/mol. The molecule has 0 radical (unpaired) electrons. The predicted molar refractivity (Wildman–Crippen MR) is 133 cm³/mol. The standard InChI is InChI=1S/C24H27Cl3N2O5/c1-24(2,3)23(32)28-13-22(31)33-10-9-21(30)29(4)14-15-5-6-16(25)11-19(15)34-20-12-17(26)7-8-18(20)27/h5-8,11-12H,9-10,13-14H2,1-4H3,(H,28,32). The van der Waals surface area contributed by atoms with Crippen LogP contribution in [0.4, 0.5) is 0 Å². The van der Waals surface area contributed by atoms with Gasteiger partial charge in [-0.1, -0.05) is 61.6 Å². The monoisotopic (exact) mass is 528 g/mol. The second-order valence-corrected chi connectivity index (χ2v) is 9.86. The molecule has 2 aromatic rings. The summed E-state index contributed by atoms with van der Waals surface area (Å²) in [6.07, 6.45) is -0.0145. The van der Waals surface area contributed by atoms with Gasteiger partial charge in [0.05, 0.1) is 11.4 Å². The average Bonchev–Trinajstić information content (AvgIpc) is 2.75. The summed E-state index contributed by atoms with van der Waals surface area (Å²) in [5.74, 6) is -0.331. The van der Waals surface area contributed by atoms with E-state index in [1.54, 1.807) is 64.2 Å². The van der Waals surface area contributed by atoms with Crippen LogP contribution in [0.15, 0.2) is 36.4 Å². The van der Waals surface area contributed by atoms with Gasteiger partial charge in [-0.15, -0.1) is 0 Å². The molecule has 2 aromatic carbocycles. The topological polar surface area (TPSA) is 84.9 Å². The molecule has 0 unspecified atom stereocenters. The Morgan fingerprint density at radius 1 is 0.971 bits per heavy atom. The summed E-state index contributed by atoms with van der Waals surface area (Å²) in [4.78, 5) is 37.6. The van der Waals surface area contributed by atoms with Crippen LogP contribution >= 0.6 is 34.8 Å². The Bertz CT molecular complexity index is 1050. The quantitative estimate of drug-likeness (QED) is 0.434. The summed E-state index contributed by atoms with van der Waals surface area (Å²) in [5, 5.41) is 3.79.